The Balaban J connectivity index is 1.90. The van der Waals surface area contributed by atoms with Gasteiger partial charge in [0.1, 0.15) is 16.4 Å². The first-order chi connectivity index (χ1) is 9.04. The van der Waals surface area contributed by atoms with Crippen molar-refractivity contribution in [2.75, 3.05) is 0 Å². The number of hydrogen-bond acceptors (Lipinski definition) is 4. The van der Waals surface area contributed by atoms with Crippen molar-refractivity contribution in [3.05, 3.63) is 28.1 Å². The highest BCUT2D eigenvalue weighted by molar-refractivity contribution is 9.10. The van der Waals surface area contributed by atoms with Gasteiger partial charge in [-0.15, -0.1) is 5.10 Å². The molecule has 2 aromatic rings. The number of halogens is 1. The predicted octanol–water partition coefficient (Wildman–Crippen LogP) is 1.69. The van der Waals surface area contributed by atoms with Crippen LogP contribution in [0.3, 0.4) is 0 Å². The van der Waals surface area contributed by atoms with Crippen molar-refractivity contribution in [2.45, 2.75) is 18.9 Å². The van der Waals surface area contributed by atoms with Crippen LogP contribution in [0.5, 0.6) is 5.88 Å². The fraction of sp³-hybridized carbons (Fsp3) is 0.417. The van der Waals surface area contributed by atoms with E-state index in [4.69, 9.17) is 4.74 Å². The molecule has 1 saturated carbocycles. The number of ether oxygens (including phenoxy) is 1. The molecule has 3 rings (SSSR count). The van der Waals surface area contributed by atoms with Gasteiger partial charge < -0.3 is 4.74 Å². The number of nitrogens with zero attached hydrogens (tertiary/aromatic N) is 4. The predicted molar refractivity (Wildman–Crippen MR) is 71.2 cm³/mol. The number of carbonyl (C=O) groups excluding carboxylic acids is 1. The molecule has 0 radical (unpaired) electrons. The molecule has 1 aliphatic carbocycles. The molecule has 0 amide bonds. The number of hydrogen-bond donors (Lipinski definition) is 0. The van der Waals surface area contributed by atoms with Crippen molar-refractivity contribution in [3.63, 3.8) is 0 Å². The van der Waals surface area contributed by atoms with E-state index in [1.54, 1.807) is 35.7 Å². The molecule has 19 heavy (non-hydrogen) atoms. The van der Waals surface area contributed by atoms with Crippen LogP contribution >= 0.6 is 15.9 Å². The molecule has 0 saturated heterocycles. The van der Waals surface area contributed by atoms with Crippen molar-refractivity contribution in [1.29, 1.82) is 0 Å². The van der Waals surface area contributed by atoms with Crippen molar-refractivity contribution >= 4 is 21.7 Å². The lowest BCUT2D eigenvalue weighted by Crippen LogP contribution is -2.08. The minimum atomic E-state index is -0.124. The topological polar surface area (TPSA) is 61.9 Å². The fourth-order valence-electron chi connectivity index (χ4n) is 1.82. The van der Waals surface area contributed by atoms with E-state index in [9.17, 15) is 4.79 Å². The minimum Gasteiger partial charge on any atom is -0.473 e. The van der Waals surface area contributed by atoms with Gasteiger partial charge in [-0.1, -0.05) is 0 Å². The Labute approximate surface area is 118 Å². The van der Waals surface area contributed by atoms with Crippen LogP contribution in [0.1, 0.15) is 28.9 Å². The lowest BCUT2D eigenvalue weighted by atomic mass is 10.2. The summed E-state index contributed by atoms with van der Waals surface area (Å²) in [5.74, 6) is 0.383. The van der Waals surface area contributed by atoms with E-state index in [0.717, 1.165) is 12.8 Å². The number of aromatic nitrogens is 4. The second kappa shape index (κ2) is 4.48. The molecule has 0 spiro atoms. The normalized spacial score (nSPS) is 14.7. The summed E-state index contributed by atoms with van der Waals surface area (Å²) >= 11 is 3.28. The Morgan fingerprint density at radius 3 is 2.74 bits per heavy atom. The van der Waals surface area contributed by atoms with Gasteiger partial charge in [0.2, 0.25) is 11.7 Å². The van der Waals surface area contributed by atoms with Gasteiger partial charge in [-0.3, -0.25) is 14.2 Å². The molecule has 100 valence electrons. The Morgan fingerprint density at radius 1 is 1.42 bits per heavy atom. The number of ketones is 1. The van der Waals surface area contributed by atoms with E-state index in [0.29, 0.717) is 21.7 Å². The van der Waals surface area contributed by atoms with Crippen molar-refractivity contribution in [2.24, 2.45) is 14.1 Å². The lowest BCUT2D eigenvalue weighted by Gasteiger charge is -1.97. The summed E-state index contributed by atoms with van der Waals surface area (Å²) in [7, 11) is 3.50. The molecule has 0 N–H and O–H groups in total. The highest BCUT2D eigenvalue weighted by Crippen LogP contribution is 2.27. The van der Waals surface area contributed by atoms with Gasteiger partial charge >= 0.3 is 0 Å². The molecule has 0 bridgehead atoms. The fourth-order valence-corrected chi connectivity index (χ4v) is 2.35. The maximum Gasteiger partial charge on any atom is 0.233 e. The average molecular weight is 325 g/mol. The third kappa shape index (κ3) is 2.42. The molecule has 1 fully saturated rings. The van der Waals surface area contributed by atoms with Crippen molar-refractivity contribution in [1.82, 2.24) is 19.6 Å². The van der Waals surface area contributed by atoms with E-state index >= 15 is 0 Å². The van der Waals surface area contributed by atoms with Gasteiger partial charge in [0, 0.05) is 26.4 Å². The molecule has 0 aromatic carbocycles. The van der Waals surface area contributed by atoms with Gasteiger partial charge in [-0.05, 0) is 28.8 Å². The molecule has 0 aliphatic heterocycles. The van der Waals surface area contributed by atoms with Crippen LogP contribution in [0.25, 0.3) is 0 Å². The molecule has 2 aromatic heterocycles. The van der Waals surface area contributed by atoms with E-state index in [1.807, 2.05) is 0 Å². The third-order valence-corrected chi connectivity index (χ3v) is 3.52. The summed E-state index contributed by atoms with van der Waals surface area (Å²) in [4.78, 5) is 12.4. The summed E-state index contributed by atoms with van der Waals surface area (Å²) in [6.45, 7) is 0. The summed E-state index contributed by atoms with van der Waals surface area (Å²) in [6.07, 6.45) is 4.08. The highest BCUT2D eigenvalue weighted by atomic mass is 79.9. The number of aryl methyl sites for hydroxylation is 2. The van der Waals surface area contributed by atoms with E-state index in [-0.39, 0.29) is 11.9 Å². The smallest absolute Gasteiger partial charge is 0.233 e. The van der Waals surface area contributed by atoms with Crippen LogP contribution < -0.4 is 4.74 Å². The zero-order valence-electron chi connectivity index (χ0n) is 10.6. The van der Waals surface area contributed by atoms with Gasteiger partial charge in [-0.2, -0.15) is 5.10 Å². The number of carbonyl (C=O) groups is 1. The van der Waals surface area contributed by atoms with Crippen LogP contribution in [0.15, 0.2) is 16.9 Å². The molecule has 6 nitrogen and oxygen atoms in total. The molecule has 1 aliphatic rings. The van der Waals surface area contributed by atoms with E-state index in [1.165, 1.54) is 0 Å². The van der Waals surface area contributed by atoms with Crippen molar-refractivity contribution in [3.8, 4) is 5.88 Å². The molecule has 0 unspecified atom stereocenters. The number of rotatable bonds is 4. The first kappa shape index (κ1) is 12.4. The van der Waals surface area contributed by atoms with Crippen LogP contribution in [0.4, 0.5) is 0 Å². The Kier molecular flexibility index (Phi) is 2.93. The molecule has 7 heteroatoms. The van der Waals surface area contributed by atoms with Crippen molar-refractivity contribution < 1.29 is 9.53 Å². The molecule has 2 heterocycles. The largest absolute Gasteiger partial charge is 0.473 e. The van der Waals surface area contributed by atoms with Crippen LogP contribution in [-0.2, 0) is 14.1 Å². The first-order valence-electron chi connectivity index (χ1n) is 5.99. The summed E-state index contributed by atoms with van der Waals surface area (Å²) in [6, 6.07) is 1.68. The SMILES string of the molecule is Cn1cc(C(=O)c2cc(OC3CC3)nn2C)c(Br)n1. The van der Waals surface area contributed by atoms with E-state index < -0.39 is 0 Å². The minimum absolute atomic E-state index is 0.124. The Hall–Kier alpha value is -1.63. The summed E-state index contributed by atoms with van der Waals surface area (Å²) in [5.41, 5.74) is 1.01. The van der Waals surface area contributed by atoms with Gasteiger partial charge in [-0.25, -0.2) is 0 Å². The Bertz CT molecular complexity index is 642. The van der Waals surface area contributed by atoms with Gasteiger partial charge in [0.15, 0.2) is 0 Å². The standard InChI is InChI=1S/C12H13BrN4O2/c1-16-6-8(12(13)15-16)11(18)9-5-10(14-17(9)2)19-7-3-4-7/h5-7H,3-4H2,1-2H3. The zero-order chi connectivity index (χ0) is 13.6. The Morgan fingerprint density at radius 2 is 2.16 bits per heavy atom. The molecular weight excluding hydrogens is 312 g/mol. The van der Waals surface area contributed by atoms with Crippen LogP contribution in [0, 0.1) is 0 Å². The second-order valence-corrected chi connectivity index (χ2v) is 5.40. The average Bonchev–Trinajstić information content (AvgIpc) is 2.98. The van der Waals surface area contributed by atoms with Gasteiger partial charge in [0.25, 0.3) is 0 Å². The highest BCUT2D eigenvalue weighted by Gasteiger charge is 2.26. The maximum absolute atomic E-state index is 12.4. The quantitative estimate of drug-likeness (QED) is 0.803. The third-order valence-electron chi connectivity index (χ3n) is 2.93. The zero-order valence-corrected chi connectivity index (χ0v) is 12.2. The second-order valence-electron chi connectivity index (χ2n) is 4.65. The van der Waals surface area contributed by atoms with Gasteiger partial charge in [0.05, 0.1) is 5.56 Å². The molecule has 0 atom stereocenters. The maximum atomic E-state index is 12.4. The first-order valence-corrected chi connectivity index (χ1v) is 6.78. The monoisotopic (exact) mass is 324 g/mol. The van der Waals surface area contributed by atoms with Crippen LogP contribution in [-0.4, -0.2) is 31.4 Å². The summed E-state index contributed by atoms with van der Waals surface area (Å²) < 4.78 is 9.26. The summed E-state index contributed by atoms with van der Waals surface area (Å²) in [5, 5.41) is 8.31. The van der Waals surface area contributed by atoms with E-state index in [2.05, 4.69) is 26.1 Å². The molecular formula is C12H13BrN4O2. The van der Waals surface area contributed by atoms with Crippen LogP contribution in [0.2, 0.25) is 0 Å². The lowest BCUT2D eigenvalue weighted by molar-refractivity contribution is 0.102.